The molecule has 1 aromatic rings. The summed E-state index contributed by atoms with van der Waals surface area (Å²) in [5.41, 5.74) is 2.02. The Morgan fingerprint density at radius 3 is 2.95 bits per heavy atom. The van der Waals surface area contributed by atoms with Crippen LogP contribution in [0.15, 0.2) is 23.4 Å². The molecule has 1 aliphatic heterocycles. The van der Waals surface area contributed by atoms with Gasteiger partial charge in [0.25, 0.3) is 0 Å². The molecule has 0 saturated carbocycles. The van der Waals surface area contributed by atoms with Crippen molar-refractivity contribution in [1.82, 2.24) is 0 Å². The summed E-state index contributed by atoms with van der Waals surface area (Å²) in [6.07, 6.45) is 0.782. The van der Waals surface area contributed by atoms with Gasteiger partial charge in [-0.3, -0.25) is 0 Å². The molecular formula is C14H18ClNO2S. The quantitative estimate of drug-likeness (QED) is 0.788. The number of thioether (sulfide) groups is 1. The van der Waals surface area contributed by atoms with Crippen molar-refractivity contribution >= 4 is 28.4 Å². The summed E-state index contributed by atoms with van der Waals surface area (Å²) in [5.74, 6) is 2.24. The third kappa shape index (κ3) is 3.57. The summed E-state index contributed by atoms with van der Waals surface area (Å²) in [6, 6.07) is 6.26. The van der Waals surface area contributed by atoms with E-state index in [1.807, 2.05) is 13.8 Å². The molecule has 0 fully saturated rings. The molecule has 1 unspecified atom stereocenters. The van der Waals surface area contributed by atoms with Gasteiger partial charge in [0.05, 0.1) is 13.0 Å². The number of aryl methyl sites for hydroxylation is 1. The van der Waals surface area contributed by atoms with Crippen molar-refractivity contribution < 1.29 is 9.57 Å². The highest BCUT2D eigenvalue weighted by molar-refractivity contribution is 8.13. The SMILES string of the molecule is COc1cc(CSC2=NOC(C)(CCl)C2)ccc1C. The van der Waals surface area contributed by atoms with Crippen LogP contribution in [-0.2, 0) is 10.6 Å². The van der Waals surface area contributed by atoms with Crippen LogP contribution >= 0.6 is 23.4 Å². The number of halogens is 1. The van der Waals surface area contributed by atoms with Crippen LogP contribution in [0.4, 0.5) is 0 Å². The van der Waals surface area contributed by atoms with Crippen molar-refractivity contribution in [2.24, 2.45) is 5.16 Å². The molecule has 1 heterocycles. The maximum atomic E-state index is 5.86. The molecule has 1 aliphatic rings. The van der Waals surface area contributed by atoms with Crippen LogP contribution in [0.25, 0.3) is 0 Å². The van der Waals surface area contributed by atoms with Crippen LogP contribution < -0.4 is 4.74 Å². The van der Waals surface area contributed by atoms with E-state index in [0.717, 1.165) is 28.5 Å². The summed E-state index contributed by atoms with van der Waals surface area (Å²) in [4.78, 5) is 5.37. The van der Waals surface area contributed by atoms with Gasteiger partial charge in [-0.25, -0.2) is 0 Å². The van der Waals surface area contributed by atoms with Gasteiger partial charge in [-0.15, -0.1) is 23.4 Å². The largest absolute Gasteiger partial charge is 0.496 e. The zero-order valence-electron chi connectivity index (χ0n) is 11.4. The molecule has 1 atom stereocenters. The second kappa shape index (κ2) is 6.06. The van der Waals surface area contributed by atoms with E-state index < -0.39 is 0 Å². The van der Waals surface area contributed by atoms with E-state index in [2.05, 4.69) is 23.4 Å². The summed E-state index contributed by atoms with van der Waals surface area (Å²) in [7, 11) is 1.69. The van der Waals surface area contributed by atoms with Crippen LogP contribution in [0.5, 0.6) is 5.75 Å². The average molecular weight is 300 g/mol. The van der Waals surface area contributed by atoms with E-state index in [0.29, 0.717) is 5.88 Å². The van der Waals surface area contributed by atoms with Gasteiger partial charge in [-0.2, -0.15) is 0 Å². The second-order valence-electron chi connectivity index (χ2n) is 4.93. The lowest BCUT2D eigenvalue weighted by Gasteiger charge is -2.16. The van der Waals surface area contributed by atoms with Gasteiger partial charge in [0, 0.05) is 12.2 Å². The molecule has 0 aromatic heterocycles. The molecule has 0 radical (unpaired) electrons. The molecule has 2 rings (SSSR count). The van der Waals surface area contributed by atoms with Crippen molar-refractivity contribution in [3.05, 3.63) is 29.3 Å². The Hall–Kier alpha value is -0.870. The maximum absolute atomic E-state index is 5.86. The van der Waals surface area contributed by atoms with Crippen molar-refractivity contribution in [1.29, 1.82) is 0 Å². The number of hydrogen-bond acceptors (Lipinski definition) is 4. The number of hydrogen-bond donors (Lipinski definition) is 0. The first-order valence-electron chi connectivity index (χ1n) is 6.13. The average Bonchev–Trinajstić information content (AvgIpc) is 2.80. The van der Waals surface area contributed by atoms with E-state index in [-0.39, 0.29) is 5.60 Å². The predicted octanol–water partition coefficient (Wildman–Crippen LogP) is 3.97. The maximum Gasteiger partial charge on any atom is 0.154 e. The molecule has 0 saturated heterocycles. The van der Waals surface area contributed by atoms with E-state index >= 15 is 0 Å². The van der Waals surface area contributed by atoms with Gasteiger partial charge in [0.15, 0.2) is 5.60 Å². The fourth-order valence-electron chi connectivity index (χ4n) is 1.82. The smallest absolute Gasteiger partial charge is 0.154 e. The van der Waals surface area contributed by atoms with Crippen LogP contribution in [0, 0.1) is 6.92 Å². The lowest BCUT2D eigenvalue weighted by atomic mass is 10.1. The molecule has 5 heteroatoms. The second-order valence-corrected chi connectivity index (χ2v) is 6.25. The summed E-state index contributed by atoms with van der Waals surface area (Å²) in [5, 5.41) is 5.10. The number of rotatable bonds is 4. The Bertz CT molecular complexity index is 492. The Labute approximate surface area is 123 Å². The minimum atomic E-state index is -0.338. The molecular weight excluding hydrogens is 282 g/mol. The lowest BCUT2D eigenvalue weighted by Crippen LogP contribution is -2.26. The van der Waals surface area contributed by atoms with Crippen LogP contribution in [0.2, 0.25) is 0 Å². The zero-order valence-corrected chi connectivity index (χ0v) is 13.0. The minimum absolute atomic E-state index is 0.338. The van der Waals surface area contributed by atoms with Crippen LogP contribution in [-0.4, -0.2) is 23.6 Å². The Balaban J connectivity index is 1.93. The third-order valence-electron chi connectivity index (χ3n) is 3.05. The van der Waals surface area contributed by atoms with Crippen molar-refractivity contribution in [3.8, 4) is 5.75 Å². The predicted molar refractivity (Wildman–Crippen MR) is 81.3 cm³/mol. The fraction of sp³-hybridized carbons (Fsp3) is 0.500. The Morgan fingerprint density at radius 2 is 2.32 bits per heavy atom. The third-order valence-corrected chi connectivity index (χ3v) is 4.65. The summed E-state index contributed by atoms with van der Waals surface area (Å²) >= 11 is 7.55. The van der Waals surface area contributed by atoms with Crippen LogP contribution in [0.3, 0.4) is 0 Å². The zero-order chi connectivity index (χ0) is 13.9. The number of benzene rings is 1. The number of nitrogens with zero attached hydrogens (tertiary/aromatic N) is 1. The molecule has 0 spiro atoms. The van der Waals surface area contributed by atoms with Gasteiger partial charge >= 0.3 is 0 Å². The summed E-state index contributed by atoms with van der Waals surface area (Å²) < 4.78 is 5.33. The van der Waals surface area contributed by atoms with Crippen molar-refractivity contribution in [3.63, 3.8) is 0 Å². The minimum Gasteiger partial charge on any atom is -0.496 e. The number of oxime groups is 1. The topological polar surface area (TPSA) is 30.8 Å². The Morgan fingerprint density at radius 1 is 1.53 bits per heavy atom. The molecule has 0 bridgehead atoms. The Kier molecular flexibility index (Phi) is 4.63. The first-order chi connectivity index (χ1) is 9.06. The van der Waals surface area contributed by atoms with Gasteiger partial charge in [0.2, 0.25) is 0 Å². The number of ether oxygens (including phenoxy) is 1. The first kappa shape index (κ1) is 14.5. The highest BCUT2D eigenvalue weighted by atomic mass is 35.5. The van der Waals surface area contributed by atoms with Gasteiger partial charge in [-0.05, 0) is 31.0 Å². The summed E-state index contributed by atoms with van der Waals surface area (Å²) in [6.45, 7) is 4.02. The van der Waals surface area contributed by atoms with E-state index in [1.54, 1.807) is 18.9 Å². The molecule has 0 aliphatic carbocycles. The molecule has 104 valence electrons. The highest BCUT2D eigenvalue weighted by Crippen LogP contribution is 2.31. The van der Waals surface area contributed by atoms with Gasteiger partial charge < -0.3 is 9.57 Å². The number of methoxy groups -OCH3 is 1. The molecule has 3 nitrogen and oxygen atoms in total. The van der Waals surface area contributed by atoms with E-state index in [4.69, 9.17) is 21.2 Å². The normalized spacial score (nSPS) is 22.0. The lowest BCUT2D eigenvalue weighted by molar-refractivity contribution is 0.0152. The van der Waals surface area contributed by atoms with Crippen LogP contribution in [0.1, 0.15) is 24.5 Å². The fourth-order valence-corrected chi connectivity index (χ4v) is 2.97. The van der Waals surface area contributed by atoms with Crippen molar-refractivity contribution in [2.75, 3.05) is 13.0 Å². The molecule has 0 amide bonds. The molecule has 1 aromatic carbocycles. The number of alkyl halides is 1. The van der Waals surface area contributed by atoms with Gasteiger partial charge in [-0.1, -0.05) is 17.3 Å². The van der Waals surface area contributed by atoms with Crippen molar-refractivity contribution in [2.45, 2.75) is 31.6 Å². The first-order valence-corrected chi connectivity index (χ1v) is 7.66. The highest BCUT2D eigenvalue weighted by Gasteiger charge is 2.33. The monoisotopic (exact) mass is 299 g/mol. The van der Waals surface area contributed by atoms with E-state index in [9.17, 15) is 0 Å². The van der Waals surface area contributed by atoms with E-state index in [1.165, 1.54) is 5.56 Å². The standard InChI is InChI=1S/C14H18ClNO2S/c1-10-4-5-11(6-12(10)17-3)8-19-13-7-14(2,9-15)18-16-13/h4-6H,7-9H2,1-3H3. The molecule has 0 N–H and O–H groups in total. The molecule has 19 heavy (non-hydrogen) atoms. The van der Waals surface area contributed by atoms with Gasteiger partial charge in [0.1, 0.15) is 10.8 Å².